The summed E-state index contributed by atoms with van der Waals surface area (Å²) in [7, 11) is 1.45. The molecule has 1 aromatic rings. The second-order valence-electron chi connectivity index (χ2n) is 2.63. The molecule has 0 unspecified atom stereocenters. The van der Waals surface area contributed by atoms with Gasteiger partial charge < -0.3 is 14.8 Å². The lowest BCUT2D eigenvalue weighted by Crippen LogP contribution is -2.26. The molecule has 15 heavy (non-hydrogen) atoms. The van der Waals surface area contributed by atoms with Gasteiger partial charge in [-0.2, -0.15) is 0 Å². The van der Waals surface area contributed by atoms with E-state index in [1.807, 2.05) is 0 Å². The Hall–Kier alpha value is -2.04. The number of hydrogen-bond acceptors (Lipinski definition) is 4. The molecular weight excluding hydrogens is 198 g/mol. The Balaban J connectivity index is 2.34. The lowest BCUT2D eigenvalue weighted by atomic mass is 10.3. The van der Waals surface area contributed by atoms with E-state index in [0.29, 0.717) is 5.75 Å². The molecule has 0 aliphatic carbocycles. The summed E-state index contributed by atoms with van der Waals surface area (Å²) in [5.41, 5.74) is 0. The van der Waals surface area contributed by atoms with Gasteiger partial charge in [0.2, 0.25) is 0 Å². The Morgan fingerprint density at radius 2 is 1.93 bits per heavy atom. The van der Waals surface area contributed by atoms with Crippen LogP contribution in [0.15, 0.2) is 30.3 Å². The van der Waals surface area contributed by atoms with Gasteiger partial charge in [0.25, 0.3) is 5.91 Å². The van der Waals surface area contributed by atoms with Crippen LogP contribution in [0.5, 0.6) is 5.75 Å². The first-order valence-electron chi connectivity index (χ1n) is 4.32. The number of carbonyl (C=O) groups excluding carboxylic acids is 2. The van der Waals surface area contributed by atoms with Crippen molar-refractivity contribution in [2.24, 2.45) is 0 Å². The maximum Gasteiger partial charge on any atom is 0.514 e. The summed E-state index contributed by atoms with van der Waals surface area (Å²) in [4.78, 5) is 21.7. The minimum absolute atomic E-state index is 0.345. The van der Waals surface area contributed by atoms with Crippen LogP contribution in [0.3, 0.4) is 0 Å². The molecule has 0 fully saturated rings. The van der Waals surface area contributed by atoms with E-state index < -0.39 is 6.16 Å². The van der Waals surface area contributed by atoms with E-state index in [1.54, 1.807) is 30.3 Å². The molecule has 5 nitrogen and oxygen atoms in total. The first-order chi connectivity index (χ1) is 7.22. The molecule has 0 aliphatic heterocycles. The van der Waals surface area contributed by atoms with Gasteiger partial charge in [0.1, 0.15) is 5.75 Å². The average molecular weight is 209 g/mol. The van der Waals surface area contributed by atoms with Crippen LogP contribution in [0, 0.1) is 0 Å². The Morgan fingerprint density at radius 3 is 2.53 bits per heavy atom. The smallest absolute Gasteiger partial charge is 0.424 e. The zero-order chi connectivity index (χ0) is 11.1. The molecule has 5 heteroatoms. The first kappa shape index (κ1) is 11.0. The zero-order valence-corrected chi connectivity index (χ0v) is 8.23. The molecule has 0 saturated carbocycles. The third kappa shape index (κ3) is 4.12. The van der Waals surface area contributed by atoms with E-state index in [2.05, 4.69) is 10.1 Å². The van der Waals surface area contributed by atoms with E-state index in [4.69, 9.17) is 4.74 Å². The number of rotatable bonds is 3. The fourth-order valence-electron chi connectivity index (χ4n) is 0.811. The van der Waals surface area contributed by atoms with Gasteiger partial charge in [-0.05, 0) is 12.1 Å². The molecule has 1 N–H and O–H groups in total. The van der Waals surface area contributed by atoms with Crippen LogP contribution >= 0.6 is 0 Å². The van der Waals surface area contributed by atoms with E-state index in [9.17, 15) is 9.59 Å². The maximum absolute atomic E-state index is 11.0. The molecule has 0 aromatic heterocycles. The highest BCUT2D eigenvalue weighted by molar-refractivity contribution is 5.79. The van der Waals surface area contributed by atoms with Crippen molar-refractivity contribution >= 4 is 12.1 Å². The molecule has 1 rings (SSSR count). The van der Waals surface area contributed by atoms with Crippen molar-refractivity contribution < 1.29 is 19.1 Å². The number of likely N-dealkylation sites (N-methyl/N-ethyl adjacent to an activating group) is 1. The third-order valence-electron chi connectivity index (χ3n) is 1.54. The Kier molecular flexibility index (Phi) is 4.15. The van der Waals surface area contributed by atoms with E-state index in [1.165, 1.54) is 7.05 Å². The largest absolute Gasteiger partial charge is 0.514 e. The minimum atomic E-state index is -0.898. The molecule has 0 radical (unpaired) electrons. The first-order valence-corrected chi connectivity index (χ1v) is 4.32. The van der Waals surface area contributed by atoms with Gasteiger partial charge in [0, 0.05) is 7.05 Å². The van der Waals surface area contributed by atoms with E-state index in [-0.39, 0.29) is 12.5 Å². The molecule has 0 bridgehead atoms. The van der Waals surface area contributed by atoms with Crippen molar-refractivity contribution in [2.75, 3.05) is 13.7 Å². The normalized spacial score (nSPS) is 9.13. The van der Waals surface area contributed by atoms with Crippen molar-refractivity contribution in [1.82, 2.24) is 5.32 Å². The molecular formula is C10H11NO4. The molecule has 1 amide bonds. The summed E-state index contributed by atoms with van der Waals surface area (Å²) < 4.78 is 9.29. The van der Waals surface area contributed by atoms with Gasteiger partial charge in [-0.1, -0.05) is 18.2 Å². The summed E-state index contributed by atoms with van der Waals surface area (Å²) in [6.07, 6.45) is -0.898. The molecule has 0 saturated heterocycles. The van der Waals surface area contributed by atoms with Crippen LogP contribution < -0.4 is 10.1 Å². The highest BCUT2D eigenvalue weighted by Crippen LogP contribution is 2.08. The van der Waals surface area contributed by atoms with E-state index in [0.717, 1.165) is 0 Å². The van der Waals surface area contributed by atoms with Gasteiger partial charge in [0.05, 0.1) is 0 Å². The standard InChI is InChI=1S/C10H11NO4/c1-11-9(12)7-14-10(13)15-8-5-3-2-4-6-8/h2-6H,7H2,1H3,(H,11,12). The summed E-state index contributed by atoms with van der Waals surface area (Å²) in [5, 5.41) is 2.31. The molecule has 80 valence electrons. The fraction of sp³-hybridized carbons (Fsp3) is 0.200. The summed E-state index contributed by atoms with van der Waals surface area (Å²) in [6, 6.07) is 8.47. The second-order valence-corrected chi connectivity index (χ2v) is 2.63. The summed E-state index contributed by atoms with van der Waals surface area (Å²) in [5.74, 6) is -0.0144. The van der Waals surface area contributed by atoms with E-state index >= 15 is 0 Å². The predicted octanol–water partition coefficient (Wildman–Crippen LogP) is 0.948. The summed E-state index contributed by atoms with van der Waals surface area (Å²) >= 11 is 0. The van der Waals surface area contributed by atoms with Crippen molar-refractivity contribution in [3.63, 3.8) is 0 Å². The van der Waals surface area contributed by atoms with Crippen molar-refractivity contribution in [1.29, 1.82) is 0 Å². The highest BCUT2D eigenvalue weighted by Gasteiger charge is 2.07. The number of ether oxygens (including phenoxy) is 2. The number of nitrogens with one attached hydrogen (secondary N) is 1. The number of carbonyl (C=O) groups is 2. The summed E-state index contributed by atoms with van der Waals surface area (Å²) in [6.45, 7) is -0.345. The Bertz CT molecular complexity index is 337. The zero-order valence-electron chi connectivity index (χ0n) is 8.23. The van der Waals surface area contributed by atoms with Crippen LogP contribution in [-0.4, -0.2) is 25.7 Å². The van der Waals surface area contributed by atoms with Crippen LogP contribution in [0.4, 0.5) is 4.79 Å². The molecule has 0 spiro atoms. The van der Waals surface area contributed by atoms with Crippen LogP contribution in [0.2, 0.25) is 0 Å². The van der Waals surface area contributed by atoms with Gasteiger partial charge >= 0.3 is 6.16 Å². The van der Waals surface area contributed by atoms with Crippen molar-refractivity contribution in [2.45, 2.75) is 0 Å². The Labute approximate surface area is 87.0 Å². The van der Waals surface area contributed by atoms with Gasteiger partial charge in [0.15, 0.2) is 6.61 Å². The lowest BCUT2D eigenvalue weighted by Gasteiger charge is -2.04. The monoisotopic (exact) mass is 209 g/mol. The second kappa shape index (κ2) is 5.64. The maximum atomic E-state index is 11.0. The topological polar surface area (TPSA) is 64.6 Å². The minimum Gasteiger partial charge on any atom is -0.424 e. The van der Waals surface area contributed by atoms with Gasteiger partial charge in [-0.25, -0.2) is 4.79 Å². The number of benzene rings is 1. The van der Waals surface area contributed by atoms with Crippen LogP contribution in [0.25, 0.3) is 0 Å². The predicted molar refractivity (Wildman–Crippen MR) is 52.5 cm³/mol. The van der Waals surface area contributed by atoms with Crippen molar-refractivity contribution in [3.8, 4) is 5.75 Å². The number of hydrogen-bond donors (Lipinski definition) is 1. The lowest BCUT2D eigenvalue weighted by molar-refractivity contribution is -0.123. The molecule has 0 aliphatic rings. The molecule has 1 aromatic carbocycles. The third-order valence-corrected chi connectivity index (χ3v) is 1.54. The quantitative estimate of drug-likeness (QED) is 0.594. The van der Waals surface area contributed by atoms with Gasteiger partial charge in [-0.15, -0.1) is 0 Å². The average Bonchev–Trinajstić information content (AvgIpc) is 2.27. The molecule has 0 atom stereocenters. The fourth-order valence-corrected chi connectivity index (χ4v) is 0.811. The van der Waals surface area contributed by atoms with Crippen LogP contribution in [-0.2, 0) is 9.53 Å². The highest BCUT2D eigenvalue weighted by atomic mass is 16.7. The SMILES string of the molecule is CNC(=O)COC(=O)Oc1ccccc1. The number of amides is 1. The Morgan fingerprint density at radius 1 is 1.27 bits per heavy atom. The van der Waals surface area contributed by atoms with Crippen LogP contribution in [0.1, 0.15) is 0 Å². The number of para-hydroxylation sites is 1. The van der Waals surface area contributed by atoms with Gasteiger partial charge in [-0.3, -0.25) is 4.79 Å². The van der Waals surface area contributed by atoms with Crippen molar-refractivity contribution in [3.05, 3.63) is 30.3 Å². The molecule has 0 heterocycles.